The van der Waals surface area contributed by atoms with E-state index < -0.39 is 0 Å². The summed E-state index contributed by atoms with van der Waals surface area (Å²) in [6.45, 7) is 27.5. The van der Waals surface area contributed by atoms with E-state index in [1.807, 2.05) is 0 Å². The standard InChI is InChI=1S/C33H56O/c1-21(2)22-13-18-33(28(3,4)5)20-19-31(9)23(27(22)33)11-12-25-30(8)16-15-26(34)29(6,7)24(30)14-17-32(25,31)10/h22-27,34H,1,11-20H2,2-10H3/t22-,23?,24?,25+,26-,27?,30-,31+,32+,33-/m0/s1. The fourth-order valence-electron chi connectivity index (χ4n) is 12.4. The predicted octanol–water partition coefficient (Wildman–Crippen LogP) is 9.05. The maximum Gasteiger partial charge on any atom is 0.0594 e. The van der Waals surface area contributed by atoms with Crippen LogP contribution in [0.3, 0.4) is 0 Å². The summed E-state index contributed by atoms with van der Waals surface area (Å²) in [4.78, 5) is 0. The van der Waals surface area contributed by atoms with Gasteiger partial charge < -0.3 is 5.11 Å². The maximum atomic E-state index is 11.0. The Morgan fingerprint density at radius 1 is 0.765 bits per heavy atom. The quantitative estimate of drug-likeness (QED) is 0.380. The molecule has 0 aromatic rings. The van der Waals surface area contributed by atoms with E-state index in [4.69, 9.17) is 0 Å². The Morgan fingerprint density at radius 2 is 1.44 bits per heavy atom. The van der Waals surface area contributed by atoms with Gasteiger partial charge in [0.25, 0.3) is 0 Å². The molecule has 0 amide bonds. The molecular formula is C33H56O. The molecule has 0 aromatic carbocycles. The highest BCUT2D eigenvalue weighted by Crippen LogP contribution is 2.79. The molecule has 5 saturated carbocycles. The zero-order chi connectivity index (χ0) is 25.1. The van der Waals surface area contributed by atoms with Crippen LogP contribution in [0.2, 0.25) is 0 Å². The number of hydrogen-bond acceptors (Lipinski definition) is 1. The van der Waals surface area contributed by atoms with E-state index in [1.165, 1.54) is 63.4 Å². The first-order valence-corrected chi connectivity index (χ1v) is 14.9. The molecule has 0 radical (unpaired) electrons. The lowest BCUT2D eigenvalue weighted by atomic mass is 9.31. The van der Waals surface area contributed by atoms with Gasteiger partial charge in [0.05, 0.1) is 6.10 Å². The molecular weight excluding hydrogens is 412 g/mol. The van der Waals surface area contributed by atoms with E-state index in [-0.39, 0.29) is 11.5 Å². The molecule has 5 aliphatic carbocycles. The van der Waals surface area contributed by atoms with Crippen molar-refractivity contribution < 1.29 is 5.11 Å². The van der Waals surface area contributed by atoms with Gasteiger partial charge in [0.15, 0.2) is 0 Å². The molecule has 0 aliphatic heterocycles. The van der Waals surface area contributed by atoms with Gasteiger partial charge >= 0.3 is 0 Å². The minimum atomic E-state index is -0.126. The Kier molecular flexibility index (Phi) is 5.51. The molecule has 5 fully saturated rings. The van der Waals surface area contributed by atoms with Gasteiger partial charge in [-0.15, -0.1) is 0 Å². The molecule has 34 heavy (non-hydrogen) atoms. The first-order chi connectivity index (χ1) is 15.6. The van der Waals surface area contributed by atoms with Gasteiger partial charge in [-0.05, 0) is 133 Å². The first-order valence-electron chi connectivity index (χ1n) is 14.9. The zero-order valence-electron chi connectivity index (χ0n) is 24.2. The highest BCUT2D eigenvalue weighted by molar-refractivity contribution is 5.22. The van der Waals surface area contributed by atoms with E-state index >= 15 is 0 Å². The number of allylic oxidation sites excluding steroid dienone is 1. The van der Waals surface area contributed by atoms with Gasteiger partial charge in [-0.25, -0.2) is 0 Å². The van der Waals surface area contributed by atoms with Crippen molar-refractivity contribution in [3.63, 3.8) is 0 Å². The number of hydrogen-bond donors (Lipinski definition) is 1. The Labute approximate surface area is 211 Å². The van der Waals surface area contributed by atoms with Crippen molar-refractivity contribution in [1.82, 2.24) is 0 Å². The van der Waals surface area contributed by atoms with E-state index in [0.29, 0.717) is 33.0 Å². The summed E-state index contributed by atoms with van der Waals surface area (Å²) >= 11 is 0. The average Bonchev–Trinajstić information content (AvgIpc) is 3.13. The molecule has 5 rings (SSSR count). The molecule has 1 nitrogen and oxygen atoms in total. The number of rotatable bonds is 1. The zero-order valence-corrected chi connectivity index (χ0v) is 24.2. The first kappa shape index (κ1) is 25.4. The van der Waals surface area contributed by atoms with Gasteiger partial charge in [-0.1, -0.05) is 67.5 Å². The van der Waals surface area contributed by atoms with Gasteiger partial charge in [0.1, 0.15) is 0 Å². The summed E-state index contributed by atoms with van der Waals surface area (Å²) in [5.41, 5.74) is 3.61. The lowest BCUT2D eigenvalue weighted by molar-refractivity contribution is -0.254. The second-order valence-corrected chi connectivity index (χ2v) is 16.5. The van der Waals surface area contributed by atoms with Crippen LogP contribution in [0.5, 0.6) is 0 Å². The normalized spacial score (nSPS) is 54.4. The van der Waals surface area contributed by atoms with Crippen LogP contribution in [0, 0.1) is 62.1 Å². The van der Waals surface area contributed by atoms with Gasteiger partial charge in [-0.3, -0.25) is 0 Å². The minimum Gasteiger partial charge on any atom is -0.393 e. The van der Waals surface area contributed by atoms with Crippen LogP contribution < -0.4 is 0 Å². The average molecular weight is 469 g/mol. The largest absolute Gasteiger partial charge is 0.393 e. The lowest BCUT2D eigenvalue weighted by Gasteiger charge is -2.73. The molecule has 0 saturated heterocycles. The highest BCUT2D eigenvalue weighted by atomic mass is 16.3. The minimum absolute atomic E-state index is 0.0521. The molecule has 3 unspecified atom stereocenters. The molecule has 5 aliphatic rings. The molecule has 0 heterocycles. The van der Waals surface area contributed by atoms with E-state index in [0.717, 1.165) is 30.1 Å². The Morgan fingerprint density at radius 3 is 2.06 bits per heavy atom. The van der Waals surface area contributed by atoms with Crippen LogP contribution in [-0.2, 0) is 0 Å². The van der Waals surface area contributed by atoms with Gasteiger partial charge in [0, 0.05) is 0 Å². The van der Waals surface area contributed by atoms with Crippen LogP contribution in [0.4, 0.5) is 0 Å². The molecule has 0 bridgehead atoms. The molecule has 194 valence electrons. The van der Waals surface area contributed by atoms with Crippen molar-refractivity contribution in [3.05, 3.63) is 12.2 Å². The third-order valence-corrected chi connectivity index (χ3v) is 14.5. The monoisotopic (exact) mass is 468 g/mol. The molecule has 1 heteroatoms. The van der Waals surface area contributed by atoms with Crippen molar-refractivity contribution in [1.29, 1.82) is 0 Å². The summed E-state index contributed by atoms with van der Waals surface area (Å²) in [6.07, 6.45) is 13.3. The highest BCUT2D eigenvalue weighted by Gasteiger charge is 2.71. The van der Waals surface area contributed by atoms with Crippen LogP contribution in [0.15, 0.2) is 12.2 Å². The van der Waals surface area contributed by atoms with Crippen LogP contribution in [0.25, 0.3) is 0 Å². The summed E-state index contributed by atoms with van der Waals surface area (Å²) < 4.78 is 0. The van der Waals surface area contributed by atoms with E-state index in [1.54, 1.807) is 0 Å². The number of aliphatic hydroxyl groups excluding tert-OH is 1. The molecule has 1 N–H and O–H groups in total. The summed E-state index contributed by atoms with van der Waals surface area (Å²) in [6, 6.07) is 0. The van der Waals surface area contributed by atoms with Crippen LogP contribution in [-0.4, -0.2) is 11.2 Å². The Hall–Kier alpha value is -0.300. The van der Waals surface area contributed by atoms with Crippen molar-refractivity contribution in [2.75, 3.05) is 0 Å². The molecule has 10 atom stereocenters. The number of fused-ring (bicyclic) bond motifs is 7. The number of aliphatic hydroxyl groups is 1. The molecule has 0 aromatic heterocycles. The predicted molar refractivity (Wildman–Crippen MR) is 144 cm³/mol. The van der Waals surface area contributed by atoms with Crippen molar-refractivity contribution in [2.45, 2.75) is 133 Å². The Balaban J connectivity index is 1.57. The van der Waals surface area contributed by atoms with Crippen LogP contribution >= 0.6 is 0 Å². The summed E-state index contributed by atoms with van der Waals surface area (Å²) in [7, 11) is 0. The third kappa shape index (κ3) is 2.89. The van der Waals surface area contributed by atoms with E-state index in [9.17, 15) is 5.11 Å². The summed E-state index contributed by atoms with van der Waals surface area (Å²) in [5.74, 6) is 3.84. The maximum absolute atomic E-state index is 11.0. The van der Waals surface area contributed by atoms with Crippen molar-refractivity contribution in [2.24, 2.45) is 62.1 Å². The topological polar surface area (TPSA) is 20.2 Å². The third-order valence-electron chi connectivity index (χ3n) is 14.5. The smallest absolute Gasteiger partial charge is 0.0594 e. The van der Waals surface area contributed by atoms with Gasteiger partial charge in [-0.2, -0.15) is 0 Å². The lowest BCUT2D eigenvalue weighted by Crippen LogP contribution is -2.67. The van der Waals surface area contributed by atoms with Gasteiger partial charge in [0.2, 0.25) is 0 Å². The van der Waals surface area contributed by atoms with Crippen molar-refractivity contribution in [3.8, 4) is 0 Å². The fraction of sp³-hybridized carbons (Fsp3) is 0.939. The Bertz CT molecular complexity index is 847. The second-order valence-electron chi connectivity index (χ2n) is 16.5. The SMILES string of the molecule is C=C(C)[C@@H]1CC[C@]2(C(C)(C)C)CC[C@]3(C)C(CC[C@@H]4[C@@]5(C)CC[C@H](O)C(C)(C)C5CC[C@]43C)C12. The second kappa shape index (κ2) is 7.39. The fourth-order valence-corrected chi connectivity index (χ4v) is 12.4. The summed E-state index contributed by atoms with van der Waals surface area (Å²) in [5, 5.41) is 11.0. The van der Waals surface area contributed by atoms with Crippen LogP contribution in [0.1, 0.15) is 127 Å². The molecule has 0 spiro atoms. The van der Waals surface area contributed by atoms with E-state index in [2.05, 4.69) is 68.9 Å². The van der Waals surface area contributed by atoms with Crippen molar-refractivity contribution >= 4 is 0 Å².